The second kappa shape index (κ2) is 5.42. The molecule has 0 bridgehead atoms. The summed E-state index contributed by atoms with van der Waals surface area (Å²) >= 11 is 3.32. The van der Waals surface area contributed by atoms with E-state index in [1.807, 2.05) is 13.0 Å². The quantitative estimate of drug-likeness (QED) is 0.634. The average molecular weight is 337 g/mol. The highest BCUT2D eigenvalue weighted by Crippen LogP contribution is 2.29. The first-order valence-electron chi connectivity index (χ1n) is 5.77. The molecule has 0 spiro atoms. The molecule has 2 aromatic rings. The Bertz CT molecular complexity index is 643. The van der Waals surface area contributed by atoms with Crippen LogP contribution in [0.5, 0.6) is 11.5 Å². The number of aromatic hydroxyl groups is 2. The lowest BCUT2D eigenvalue weighted by Crippen LogP contribution is -2.14. The predicted molar refractivity (Wildman–Crippen MR) is 81.0 cm³/mol. The van der Waals surface area contributed by atoms with Gasteiger partial charge in [0.2, 0.25) is 0 Å². The van der Waals surface area contributed by atoms with Crippen LogP contribution in [-0.4, -0.2) is 16.1 Å². The number of anilines is 2. The monoisotopic (exact) mass is 336 g/mol. The van der Waals surface area contributed by atoms with Gasteiger partial charge in [0.25, 0.3) is 5.91 Å². The van der Waals surface area contributed by atoms with Crippen LogP contribution in [-0.2, 0) is 0 Å². The summed E-state index contributed by atoms with van der Waals surface area (Å²) in [5.74, 6) is -0.834. The first-order chi connectivity index (χ1) is 9.36. The first kappa shape index (κ1) is 14.2. The third-order valence-electron chi connectivity index (χ3n) is 2.73. The number of nitrogen functional groups attached to an aromatic ring is 1. The Kier molecular flexibility index (Phi) is 3.85. The molecule has 0 aliphatic heterocycles. The topological polar surface area (TPSA) is 95.6 Å². The van der Waals surface area contributed by atoms with Gasteiger partial charge in [-0.2, -0.15) is 0 Å². The lowest BCUT2D eigenvalue weighted by Gasteiger charge is -2.12. The van der Waals surface area contributed by atoms with Gasteiger partial charge in [-0.1, -0.05) is 15.9 Å². The van der Waals surface area contributed by atoms with E-state index in [1.165, 1.54) is 12.1 Å². The number of carbonyl (C=O) groups excluding carboxylic acids is 1. The van der Waals surface area contributed by atoms with Crippen LogP contribution in [0.1, 0.15) is 15.9 Å². The van der Waals surface area contributed by atoms with Crippen LogP contribution in [0.4, 0.5) is 11.4 Å². The van der Waals surface area contributed by atoms with E-state index in [2.05, 4.69) is 21.2 Å². The minimum absolute atomic E-state index is 0.143. The van der Waals surface area contributed by atoms with Crippen molar-refractivity contribution in [2.24, 2.45) is 0 Å². The molecule has 0 radical (unpaired) electrons. The van der Waals surface area contributed by atoms with Crippen molar-refractivity contribution in [3.63, 3.8) is 0 Å². The molecule has 20 heavy (non-hydrogen) atoms. The van der Waals surface area contributed by atoms with Crippen molar-refractivity contribution < 1.29 is 15.0 Å². The van der Waals surface area contributed by atoms with Crippen molar-refractivity contribution in [3.8, 4) is 11.5 Å². The number of nitrogens with two attached hydrogens (primary N) is 1. The number of aryl methyl sites for hydroxylation is 1. The SMILES string of the molecule is Cc1cc(Br)cc(N)c1NC(=O)c1cc(O)cc(O)c1. The molecule has 5 nitrogen and oxygen atoms in total. The Morgan fingerprint density at radius 1 is 1.15 bits per heavy atom. The summed E-state index contributed by atoms with van der Waals surface area (Å²) in [5, 5.41) is 21.4. The van der Waals surface area contributed by atoms with Gasteiger partial charge < -0.3 is 21.3 Å². The zero-order chi connectivity index (χ0) is 14.9. The summed E-state index contributed by atoms with van der Waals surface area (Å²) in [6.45, 7) is 1.82. The van der Waals surface area contributed by atoms with Crippen molar-refractivity contribution in [2.45, 2.75) is 6.92 Å². The molecule has 2 aromatic carbocycles. The summed E-state index contributed by atoms with van der Waals surface area (Å²) in [5.41, 5.74) is 7.73. The second-order valence-corrected chi connectivity index (χ2v) is 5.29. The molecule has 0 aromatic heterocycles. The molecule has 0 heterocycles. The van der Waals surface area contributed by atoms with Gasteiger partial charge in [-0.15, -0.1) is 0 Å². The molecule has 0 saturated heterocycles. The molecule has 0 atom stereocenters. The Balaban J connectivity index is 2.32. The number of hydrogen-bond acceptors (Lipinski definition) is 4. The number of carbonyl (C=O) groups is 1. The summed E-state index contributed by atoms with van der Waals surface area (Å²) in [6, 6.07) is 7.18. The summed E-state index contributed by atoms with van der Waals surface area (Å²) in [4.78, 5) is 12.1. The predicted octanol–water partition coefficient (Wildman–Crippen LogP) is 3.00. The molecule has 1 amide bonds. The highest BCUT2D eigenvalue weighted by atomic mass is 79.9. The van der Waals surface area contributed by atoms with Gasteiger partial charge in [0.1, 0.15) is 11.5 Å². The molecule has 0 aliphatic rings. The van der Waals surface area contributed by atoms with Crippen LogP contribution < -0.4 is 11.1 Å². The fourth-order valence-electron chi connectivity index (χ4n) is 1.85. The number of hydrogen-bond donors (Lipinski definition) is 4. The van der Waals surface area contributed by atoms with E-state index in [9.17, 15) is 15.0 Å². The maximum atomic E-state index is 12.1. The average Bonchev–Trinajstić information content (AvgIpc) is 2.32. The molecule has 0 saturated carbocycles. The van der Waals surface area contributed by atoms with E-state index in [0.717, 1.165) is 16.1 Å². The lowest BCUT2D eigenvalue weighted by molar-refractivity contribution is 0.102. The normalized spacial score (nSPS) is 10.3. The van der Waals surface area contributed by atoms with Crippen LogP contribution >= 0.6 is 15.9 Å². The van der Waals surface area contributed by atoms with Gasteiger partial charge in [-0.25, -0.2) is 0 Å². The lowest BCUT2D eigenvalue weighted by atomic mass is 10.1. The van der Waals surface area contributed by atoms with E-state index >= 15 is 0 Å². The Labute approximate surface area is 124 Å². The third-order valence-corrected chi connectivity index (χ3v) is 3.19. The second-order valence-electron chi connectivity index (χ2n) is 4.38. The highest BCUT2D eigenvalue weighted by Gasteiger charge is 2.12. The molecule has 104 valence electrons. The molecular weight excluding hydrogens is 324 g/mol. The minimum Gasteiger partial charge on any atom is -0.508 e. The maximum Gasteiger partial charge on any atom is 0.256 e. The Morgan fingerprint density at radius 3 is 2.30 bits per heavy atom. The maximum absolute atomic E-state index is 12.1. The van der Waals surface area contributed by atoms with Crippen molar-refractivity contribution in [1.29, 1.82) is 0 Å². The largest absolute Gasteiger partial charge is 0.508 e. The van der Waals surface area contributed by atoms with Crippen LogP contribution in [0, 0.1) is 6.92 Å². The molecule has 0 fully saturated rings. The zero-order valence-corrected chi connectivity index (χ0v) is 12.2. The molecule has 0 unspecified atom stereocenters. The fraction of sp³-hybridized carbons (Fsp3) is 0.0714. The number of halogens is 1. The third kappa shape index (κ3) is 3.03. The van der Waals surface area contributed by atoms with Gasteiger partial charge in [-0.05, 0) is 36.8 Å². The standard InChI is InChI=1S/C14H13BrN2O3/c1-7-2-9(15)5-12(16)13(7)17-14(20)8-3-10(18)6-11(19)4-8/h2-6,18-19H,16H2,1H3,(H,17,20). The molecule has 6 heteroatoms. The molecule has 5 N–H and O–H groups in total. The van der Waals surface area contributed by atoms with Crippen LogP contribution in [0.15, 0.2) is 34.8 Å². The van der Waals surface area contributed by atoms with Crippen molar-refractivity contribution in [3.05, 3.63) is 45.9 Å². The van der Waals surface area contributed by atoms with Gasteiger partial charge in [0, 0.05) is 16.1 Å². The number of benzene rings is 2. The smallest absolute Gasteiger partial charge is 0.256 e. The highest BCUT2D eigenvalue weighted by molar-refractivity contribution is 9.10. The van der Waals surface area contributed by atoms with Crippen LogP contribution in [0.3, 0.4) is 0 Å². The number of rotatable bonds is 2. The molecular formula is C14H13BrN2O3. The first-order valence-corrected chi connectivity index (χ1v) is 6.56. The van der Waals surface area contributed by atoms with Gasteiger partial charge >= 0.3 is 0 Å². The summed E-state index contributed by atoms with van der Waals surface area (Å²) < 4.78 is 0.820. The van der Waals surface area contributed by atoms with Gasteiger partial charge in [0.15, 0.2) is 0 Å². The summed E-state index contributed by atoms with van der Waals surface area (Å²) in [7, 11) is 0. The van der Waals surface area contributed by atoms with Gasteiger partial charge in [0.05, 0.1) is 11.4 Å². The molecule has 0 aliphatic carbocycles. The fourth-order valence-corrected chi connectivity index (χ4v) is 2.44. The van der Waals surface area contributed by atoms with E-state index in [1.54, 1.807) is 6.07 Å². The van der Waals surface area contributed by atoms with E-state index in [0.29, 0.717) is 11.4 Å². The Morgan fingerprint density at radius 2 is 1.75 bits per heavy atom. The minimum atomic E-state index is -0.465. The van der Waals surface area contributed by atoms with E-state index in [-0.39, 0.29) is 17.1 Å². The van der Waals surface area contributed by atoms with E-state index in [4.69, 9.17) is 5.73 Å². The van der Waals surface area contributed by atoms with Crippen LogP contribution in [0.25, 0.3) is 0 Å². The summed E-state index contributed by atoms with van der Waals surface area (Å²) in [6.07, 6.45) is 0. The molecule has 2 rings (SSSR count). The number of nitrogens with one attached hydrogen (secondary N) is 1. The number of amides is 1. The van der Waals surface area contributed by atoms with Crippen molar-refractivity contribution in [1.82, 2.24) is 0 Å². The van der Waals surface area contributed by atoms with Crippen molar-refractivity contribution in [2.75, 3.05) is 11.1 Å². The van der Waals surface area contributed by atoms with Crippen LogP contribution in [0.2, 0.25) is 0 Å². The zero-order valence-electron chi connectivity index (χ0n) is 10.6. The number of phenols is 2. The van der Waals surface area contributed by atoms with Gasteiger partial charge in [-0.3, -0.25) is 4.79 Å². The number of phenolic OH excluding ortho intramolecular Hbond substituents is 2. The van der Waals surface area contributed by atoms with Crippen molar-refractivity contribution >= 4 is 33.2 Å². The Hall–Kier alpha value is -2.21. The van der Waals surface area contributed by atoms with E-state index < -0.39 is 5.91 Å².